The Bertz CT molecular complexity index is 601. The molecule has 0 aromatic heterocycles. The van der Waals surface area contributed by atoms with Crippen molar-refractivity contribution in [1.29, 1.82) is 5.26 Å². The van der Waals surface area contributed by atoms with E-state index < -0.39 is 6.04 Å². The van der Waals surface area contributed by atoms with E-state index in [9.17, 15) is 10.1 Å². The highest BCUT2D eigenvalue weighted by Gasteiger charge is 2.41. The molecule has 2 fully saturated rings. The van der Waals surface area contributed by atoms with Gasteiger partial charge >= 0.3 is 0 Å². The second kappa shape index (κ2) is 7.01. The van der Waals surface area contributed by atoms with Crippen LogP contribution in [0.2, 0.25) is 0 Å². The first kappa shape index (κ1) is 15.8. The van der Waals surface area contributed by atoms with Crippen LogP contribution < -0.4 is 10.1 Å². The van der Waals surface area contributed by atoms with Gasteiger partial charge in [-0.25, -0.2) is 0 Å². The van der Waals surface area contributed by atoms with Crippen LogP contribution in [0.5, 0.6) is 5.75 Å². The van der Waals surface area contributed by atoms with Crippen LogP contribution in [-0.2, 0) is 4.79 Å². The maximum absolute atomic E-state index is 12.8. The molecule has 2 aliphatic rings. The largest absolute Gasteiger partial charge is 0.496 e. The minimum atomic E-state index is -0.678. The van der Waals surface area contributed by atoms with E-state index in [2.05, 4.69) is 16.3 Å². The molecule has 122 valence electrons. The molecule has 1 saturated heterocycles. The third kappa shape index (κ3) is 3.48. The summed E-state index contributed by atoms with van der Waals surface area (Å²) in [6.07, 6.45) is 4.54. The van der Waals surface area contributed by atoms with Crippen LogP contribution in [-0.4, -0.2) is 37.0 Å². The highest BCUT2D eigenvalue weighted by atomic mass is 16.5. The van der Waals surface area contributed by atoms with Gasteiger partial charge in [0.2, 0.25) is 5.91 Å². The van der Waals surface area contributed by atoms with E-state index in [1.807, 2.05) is 24.3 Å². The Morgan fingerprint density at radius 2 is 2.04 bits per heavy atom. The topological polar surface area (TPSA) is 65.4 Å². The van der Waals surface area contributed by atoms with E-state index in [0.29, 0.717) is 17.2 Å². The van der Waals surface area contributed by atoms with Gasteiger partial charge in [0, 0.05) is 5.56 Å². The lowest BCUT2D eigenvalue weighted by molar-refractivity contribution is -0.127. The molecule has 1 aromatic carbocycles. The minimum absolute atomic E-state index is 0.0214. The van der Waals surface area contributed by atoms with Gasteiger partial charge in [-0.1, -0.05) is 18.2 Å². The third-order valence-electron chi connectivity index (χ3n) is 4.74. The molecule has 1 heterocycles. The molecule has 0 radical (unpaired) electrons. The first-order chi connectivity index (χ1) is 11.2. The molecule has 1 amide bonds. The first-order valence-corrected chi connectivity index (χ1v) is 8.31. The average Bonchev–Trinajstić information content (AvgIpc) is 3.26. The number of nitrogens with one attached hydrogen (secondary N) is 1. The van der Waals surface area contributed by atoms with Gasteiger partial charge in [-0.05, 0) is 50.8 Å². The van der Waals surface area contributed by atoms with E-state index in [-0.39, 0.29) is 11.9 Å². The number of nitrogens with zero attached hydrogens (tertiary/aromatic N) is 2. The summed E-state index contributed by atoms with van der Waals surface area (Å²) in [5.41, 5.74) is 0.710. The number of benzene rings is 1. The van der Waals surface area contributed by atoms with Crippen molar-refractivity contribution < 1.29 is 9.53 Å². The molecular weight excluding hydrogens is 290 g/mol. The molecular formula is C18H23N3O2. The highest BCUT2D eigenvalue weighted by molar-refractivity contribution is 5.83. The zero-order chi connectivity index (χ0) is 16.2. The van der Waals surface area contributed by atoms with E-state index in [0.717, 1.165) is 38.8 Å². The molecule has 23 heavy (non-hydrogen) atoms. The Balaban J connectivity index is 1.75. The van der Waals surface area contributed by atoms with E-state index in [1.165, 1.54) is 0 Å². The standard InChI is InChI=1S/C18H23N3O2/c1-23-16-7-3-2-6-14(16)15(12-19)20-18(22)17(13-8-9-13)21-10-4-5-11-21/h2-3,6-7,13,15,17H,4-5,8-11H2,1H3,(H,20,22). The lowest BCUT2D eigenvalue weighted by Crippen LogP contribution is -2.48. The number of ether oxygens (including phenoxy) is 1. The summed E-state index contributed by atoms with van der Waals surface area (Å²) >= 11 is 0. The minimum Gasteiger partial charge on any atom is -0.496 e. The third-order valence-corrected chi connectivity index (χ3v) is 4.74. The number of hydrogen-bond acceptors (Lipinski definition) is 4. The van der Waals surface area contributed by atoms with Crippen LogP contribution in [0.3, 0.4) is 0 Å². The fourth-order valence-corrected chi connectivity index (χ4v) is 3.42. The predicted octanol–water partition coefficient (Wildman–Crippen LogP) is 2.25. The maximum atomic E-state index is 12.8. The molecule has 2 unspecified atom stereocenters. The lowest BCUT2D eigenvalue weighted by atomic mass is 10.0. The highest BCUT2D eigenvalue weighted by Crippen LogP contribution is 2.37. The molecule has 1 N–H and O–H groups in total. The maximum Gasteiger partial charge on any atom is 0.238 e. The number of methoxy groups -OCH3 is 1. The molecule has 1 aliphatic carbocycles. The summed E-state index contributed by atoms with van der Waals surface area (Å²) in [5.74, 6) is 1.06. The monoisotopic (exact) mass is 313 g/mol. The van der Waals surface area contributed by atoms with Crippen molar-refractivity contribution in [2.75, 3.05) is 20.2 Å². The number of para-hydroxylation sites is 1. The number of likely N-dealkylation sites (tertiary alicyclic amines) is 1. The van der Waals surface area contributed by atoms with Crippen LogP contribution in [0.1, 0.15) is 37.3 Å². The predicted molar refractivity (Wildman–Crippen MR) is 86.8 cm³/mol. The van der Waals surface area contributed by atoms with Gasteiger partial charge in [0.05, 0.1) is 19.2 Å². The van der Waals surface area contributed by atoms with E-state index >= 15 is 0 Å². The lowest BCUT2D eigenvalue weighted by Gasteiger charge is -2.27. The van der Waals surface area contributed by atoms with Crippen molar-refractivity contribution in [3.8, 4) is 11.8 Å². The molecule has 5 heteroatoms. The molecule has 3 rings (SSSR count). The Morgan fingerprint density at radius 1 is 1.35 bits per heavy atom. The number of nitriles is 1. The number of hydrogen-bond donors (Lipinski definition) is 1. The number of carbonyl (C=O) groups is 1. The van der Waals surface area contributed by atoms with Gasteiger partial charge in [-0.3, -0.25) is 9.69 Å². The van der Waals surface area contributed by atoms with Crippen LogP contribution in [0, 0.1) is 17.2 Å². The number of carbonyl (C=O) groups excluding carboxylic acids is 1. The fourth-order valence-electron chi connectivity index (χ4n) is 3.42. The zero-order valence-electron chi connectivity index (χ0n) is 13.5. The summed E-state index contributed by atoms with van der Waals surface area (Å²) in [5, 5.41) is 12.5. The van der Waals surface area contributed by atoms with Gasteiger partial charge in [0.25, 0.3) is 0 Å². The molecule has 1 aromatic rings. The van der Waals surface area contributed by atoms with Crippen LogP contribution in [0.25, 0.3) is 0 Å². The summed E-state index contributed by atoms with van der Waals surface area (Å²) in [4.78, 5) is 15.1. The molecule has 2 atom stereocenters. The SMILES string of the molecule is COc1ccccc1C(C#N)NC(=O)C(C1CC1)N1CCCC1. The zero-order valence-corrected chi connectivity index (χ0v) is 13.5. The summed E-state index contributed by atoms with van der Waals surface area (Å²) in [6, 6.07) is 8.79. The normalized spacial score (nSPS) is 20.5. The molecule has 5 nitrogen and oxygen atoms in total. The van der Waals surface area contributed by atoms with Crippen molar-refractivity contribution in [2.24, 2.45) is 5.92 Å². The van der Waals surface area contributed by atoms with Crippen molar-refractivity contribution in [2.45, 2.75) is 37.8 Å². The average molecular weight is 313 g/mol. The second-order valence-electron chi connectivity index (χ2n) is 6.34. The van der Waals surface area contributed by atoms with Crippen LogP contribution in [0.4, 0.5) is 0 Å². The van der Waals surface area contributed by atoms with Crippen molar-refractivity contribution >= 4 is 5.91 Å². The van der Waals surface area contributed by atoms with E-state index in [1.54, 1.807) is 7.11 Å². The summed E-state index contributed by atoms with van der Waals surface area (Å²) < 4.78 is 5.32. The molecule has 0 bridgehead atoms. The molecule has 0 spiro atoms. The molecule has 1 saturated carbocycles. The number of amides is 1. The number of rotatable bonds is 6. The van der Waals surface area contributed by atoms with Gasteiger partial charge in [0.1, 0.15) is 11.8 Å². The van der Waals surface area contributed by atoms with Gasteiger partial charge in [0.15, 0.2) is 0 Å². The van der Waals surface area contributed by atoms with Crippen LogP contribution >= 0.6 is 0 Å². The first-order valence-electron chi connectivity index (χ1n) is 8.31. The fraction of sp³-hybridized carbons (Fsp3) is 0.556. The second-order valence-corrected chi connectivity index (χ2v) is 6.34. The Kier molecular flexibility index (Phi) is 4.82. The Labute approximate surface area is 137 Å². The quantitative estimate of drug-likeness (QED) is 0.875. The van der Waals surface area contributed by atoms with E-state index in [4.69, 9.17) is 4.74 Å². The summed E-state index contributed by atoms with van der Waals surface area (Å²) in [6.45, 7) is 1.97. The van der Waals surface area contributed by atoms with Gasteiger partial charge in [-0.15, -0.1) is 0 Å². The smallest absolute Gasteiger partial charge is 0.238 e. The Morgan fingerprint density at radius 3 is 2.65 bits per heavy atom. The van der Waals surface area contributed by atoms with Crippen molar-refractivity contribution in [1.82, 2.24) is 10.2 Å². The van der Waals surface area contributed by atoms with Gasteiger partial charge in [-0.2, -0.15) is 5.26 Å². The summed E-state index contributed by atoms with van der Waals surface area (Å²) in [7, 11) is 1.58. The van der Waals surface area contributed by atoms with Crippen molar-refractivity contribution in [3.63, 3.8) is 0 Å². The Hall–Kier alpha value is -2.06. The van der Waals surface area contributed by atoms with Gasteiger partial charge < -0.3 is 10.1 Å². The van der Waals surface area contributed by atoms with Crippen molar-refractivity contribution in [3.05, 3.63) is 29.8 Å². The van der Waals surface area contributed by atoms with Crippen LogP contribution in [0.15, 0.2) is 24.3 Å². The molecule has 1 aliphatic heterocycles.